The quantitative estimate of drug-likeness (QED) is 0.842. The molecule has 5 heteroatoms. The van der Waals surface area contributed by atoms with E-state index in [9.17, 15) is 8.78 Å². The molecule has 19 heavy (non-hydrogen) atoms. The SMILES string of the molecule is CC(C)(C)NCC(OCC(F)F)c1ccc(Br)cc1. The van der Waals surface area contributed by atoms with E-state index in [0.29, 0.717) is 6.54 Å². The number of hydrogen-bond donors (Lipinski definition) is 1. The van der Waals surface area contributed by atoms with Crippen LogP contribution in [-0.2, 0) is 4.74 Å². The predicted molar refractivity (Wildman–Crippen MR) is 76.6 cm³/mol. The first-order valence-electron chi connectivity index (χ1n) is 6.18. The molecule has 0 spiro atoms. The minimum atomic E-state index is -2.45. The van der Waals surface area contributed by atoms with Gasteiger partial charge in [0.2, 0.25) is 0 Å². The van der Waals surface area contributed by atoms with Gasteiger partial charge in [-0.05, 0) is 38.5 Å². The fourth-order valence-corrected chi connectivity index (χ4v) is 1.80. The molecule has 1 atom stereocenters. The van der Waals surface area contributed by atoms with Crippen molar-refractivity contribution in [3.8, 4) is 0 Å². The maximum Gasteiger partial charge on any atom is 0.261 e. The molecule has 0 radical (unpaired) electrons. The van der Waals surface area contributed by atoms with Crippen molar-refractivity contribution in [2.45, 2.75) is 38.8 Å². The summed E-state index contributed by atoms with van der Waals surface area (Å²) in [5.41, 5.74) is 0.808. The lowest BCUT2D eigenvalue weighted by atomic mass is 10.1. The monoisotopic (exact) mass is 335 g/mol. The Morgan fingerprint density at radius 2 is 1.79 bits per heavy atom. The summed E-state index contributed by atoms with van der Waals surface area (Å²) >= 11 is 3.35. The number of benzene rings is 1. The maximum absolute atomic E-state index is 12.3. The molecule has 1 aromatic rings. The van der Waals surface area contributed by atoms with E-state index in [1.165, 1.54) is 0 Å². The molecular weight excluding hydrogens is 316 g/mol. The van der Waals surface area contributed by atoms with Crippen LogP contribution in [0.15, 0.2) is 28.7 Å². The molecule has 0 aliphatic carbocycles. The molecule has 1 aromatic carbocycles. The summed E-state index contributed by atoms with van der Waals surface area (Å²) in [6, 6.07) is 7.52. The fourth-order valence-electron chi connectivity index (χ4n) is 1.54. The summed E-state index contributed by atoms with van der Waals surface area (Å²) in [5.74, 6) is 0. The number of ether oxygens (including phenoxy) is 1. The highest BCUT2D eigenvalue weighted by molar-refractivity contribution is 9.10. The second kappa shape index (κ2) is 7.31. The Labute approximate surface area is 121 Å². The van der Waals surface area contributed by atoms with E-state index in [4.69, 9.17) is 4.74 Å². The standard InChI is InChI=1S/C14H20BrF2NO/c1-14(2,3)18-8-12(19-9-13(16)17)10-4-6-11(15)7-5-10/h4-7,12-13,18H,8-9H2,1-3H3. The van der Waals surface area contributed by atoms with Gasteiger partial charge >= 0.3 is 0 Å². The van der Waals surface area contributed by atoms with Crippen LogP contribution in [-0.4, -0.2) is 25.1 Å². The normalized spacial score (nSPS) is 13.8. The van der Waals surface area contributed by atoms with Crippen LogP contribution in [0.25, 0.3) is 0 Å². The van der Waals surface area contributed by atoms with E-state index in [0.717, 1.165) is 10.0 Å². The second-order valence-electron chi connectivity index (χ2n) is 5.40. The Morgan fingerprint density at radius 1 is 1.21 bits per heavy atom. The van der Waals surface area contributed by atoms with Crippen LogP contribution in [0.1, 0.15) is 32.4 Å². The van der Waals surface area contributed by atoms with Gasteiger partial charge in [0.25, 0.3) is 6.43 Å². The third-order valence-corrected chi connectivity index (χ3v) is 3.01. The van der Waals surface area contributed by atoms with Crippen LogP contribution < -0.4 is 5.32 Å². The van der Waals surface area contributed by atoms with Crippen LogP contribution in [0.2, 0.25) is 0 Å². The molecule has 0 fully saturated rings. The largest absolute Gasteiger partial charge is 0.366 e. The molecule has 1 N–H and O–H groups in total. The molecule has 0 aliphatic rings. The zero-order valence-corrected chi connectivity index (χ0v) is 13.0. The molecule has 0 bridgehead atoms. The molecule has 2 nitrogen and oxygen atoms in total. The minimum Gasteiger partial charge on any atom is -0.366 e. The molecule has 0 amide bonds. The van der Waals surface area contributed by atoms with Crippen LogP contribution in [0.4, 0.5) is 8.78 Å². The highest BCUT2D eigenvalue weighted by Crippen LogP contribution is 2.21. The molecule has 1 rings (SSSR count). The van der Waals surface area contributed by atoms with Crippen molar-refractivity contribution >= 4 is 15.9 Å². The van der Waals surface area contributed by atoms with E-state index < -0.39 is 13.0 Å². The number of nitrogens with one attached hydrogen (secondary N) is 1. The van der Waals surface area contributed by atoms with Crippen molar-refractivity contribution < 1.29 is 13.5 Å². The van der Waals surface area contributed by atoms with Crippen molar-refractivity contribution in [1.29, 1.82) is 0 Å². The van der Waals surface area contributed by atoms with Gasteiger partial charge in [0.05, 0.1) is 6.10 Å². The van der Waals surface area contributed by atoms with Crippen LogP contribution in [0, 0.1) is 0 Å². The van der Waals surface area contributed by atoms with Gasteiger partial charge in [-0.15, -0.1) is 0 Å². The van der Waals surface area contributed by atoms with Crippen molar-refractivity contribution in [2.75, 3.05) is 13.2 Å². The first-order valence-corrected chi connectivity index (χ1v) is 6.97. The number of alkyl halides is 2. The molecular formula is C14H20BrF2NO. The summed E-state index contributed by atoms with van der Waals surface area (Å²) in [7, 11) is 0. The summed E-state index contributed by atoms with van der Waals surface area (Å²) in [6.07, 6.45) is -2.83. The van der Waals surface area contributed by atoms with Crippen LogP contribution in [0.3, 0.4) is 0 Å². The lowest BCUT2D eigenvalue weighted by molar-refractivity contribution is -0.0263. The third kappa shape index (κ3) is 6.99. The molecule has 0 saturated carbocycles. The van der Waals surface area contributed by atoms with E-state index in [1.807, 2.05) is 45.0 Å². The van der Waals surface area contributed by atoms with Gasteiger partial charge in [-0.25, -0.2) is 8.78 Å². The average molecular weight is 336 g/mol. The highest BCUT2D eigenvalue weighted by Gasteiger charge is 2.18. The van der Waals surface area contributed by atoms with Crippen molar-refractivity contribution in [3.63, 3.8) is 0 Å². The summed E-state index contributed by atoms with van der Waals surface area (Å²) < 4.78 is 30.8. The summed E-state index contributed by atoms with van der Waals surface area (Å²) in [5, 5.41) is 3.28. The lowest BCUT2D eigenvalue weighted by Crippen LogP contribution is -2.39. The number of hydrogen-bond acceptors (Lipinski definition) is 2. The lowest BCUT2D eigenvalue weighted by Gasteiger charge is -2.25. The minimum absolute atomic E-state index is 0.0815. The van der Waals surface area contributed by atoms with Gasteiger partial charge in [0.1, 0.15) is 6.61 Å². The van der Waals surface area contributed by atoms with E-state index in [-0.39, 0.29) is 11.6 Å². The van der Waals surface area contributed by atoms with E-state index in [2.05, 4.69) is 21.2 Å². The van der Waals surface area contributed by atoms with Gasteiger partial charge in [-0.2, -0.15) is 0 Å². The zero-order valence-electron chi connectivity index (χ0n) is 11.4. The van der Waals surface area contributed by atoms with Gasteiger partial charge in [-0.3, -0.25) is 0 Å². The van der Waals surface area contributed by atoms with E-state index in [1.54, 1.807) is 0 Å². The highest BCUT2D eigenvalue weighted by atomic mass is 79.9. The Bertz CT molecular complexity index is 376. The average Bonchev–Trinajstić information content (AvgIpc) is 2.29. The predicted octanol–water partition coefficient (Wildman–Crippen LogP) is 4.16. The zero-order chi connectivity index (χ0) is 14.5. The first kappa shape index (κ1) is 16.5. The third-order valence-electron chi connectivity index (χ3n) is 2.48. The van der Waals surface area contributed by atoms with Crippen molar-refractivity contribution in [3.05, 3.63) is 34.3 Å². The van der Waals surface area contributed by atoms with Gasteiger partial charge in [-0.1, -0.05) is 28.1 Å². The van der Waals surface area contributed by atoms with Crippen molar-refractivity contribution in [2.24, 2.45) is 0 Å². The smallest absolute Gasteiger partial charge is 0.261 e. The number of rotatable bonds is 6. The second-order valence-corrected chi connectivity index (χ2v) is 6.31. The maximum atomic E-state index is 12.3. The van der Waals surface area contributed by atoms with Crippen LogP contribution in [0.5, 0.6) is 0 Å². The molecule has 0 saturated heterocycles. The summed E-state index contributed by atoms with van der Waals surface area (Å²) in [6.45, 7) is 6.03. The molecule has 0 heterocycles. The van der Waals surface area contributed by atoms with Gasteiger partial charge in [0.15, 0.2) is 0 Å². The molecule has 1 unspecified atom stereocenters. The Kier molecular flexibility index (Phi) is 6.36. The molecule has 0 aliphatic heterocycles. The molecule has 0 aromatic heterocycles. The Morgan fingerprint density at radius 3 is 2.26 bits per heavy atom. The van der Waals surface area contributed by atoms with E-state index >= 15 is 0 Å². The first-order chi connectivity index (χ1) is 8.78. The Balaban J connectivity index is 2.70. The topological polar surface area (TPSA) is 21.3 Å². The van der Waals surface area contributed by atoms with Gasteiger partial charge < -0.3 is 10.1 Å². The molecule has 108 valence electrons. The summed E-state index contributed by atoms with van der Waals surface area (Å²) in [4.78, 5) is 0. The Hall–Kier alpha value is -0.520. The fraction of sp³-hybridized carbons (Fsp3) is 0.571. The van der Waals surface area contributed by atoms with Crippen molar-refractivity contribution in [1.82, 2.24) is 5.32 Å². The van der Waals surface area contributed by atoms with Gasteiger partial charge in [0, 0.05) is 16.6 Å². The number of halogens is 3. The van der Waals surface area contributed by atoms with Crippen LogP contribution >= 0.6 is 15.9 Å².